The fraction of sp³-hybridized carbons (Fsp3) is 0.0769. The van der Waals surface area contributed by atoms with E-state index in [2.05, 4.69) is 25.6 Å². The van der Waals surface area contributed by atoms with E-state index >= 15 is 0 Å². The average Bonchev–Trinajstić information content (AvgIpc) is 3.16. The summed E-state index contributed by atoms with van der Waals surface area (Å²) < 4.78 is 1.68. The fourth-order valence-corrected chi connectivity index (χ4v) is 1.95. The van der Waals surface area contributed by atoms with Crippen molar-refractivity contribution in [2.45, 2.75) is 0 Å². The molecule has 0 unspecified atom stereocenters. The van der Waals surface area contributed by atoms with Crippen LogP contribution in [0, 0.1) is 5.41 Å². The highest BCUT2D eigenvalue weighted by molar-refractivity contribution is 6.05. The number of nitrogens with two attached hydrogens (primary N) is 1. The number of fused-ring (bicyclic) bond motifs is 1. The quantitative estimate of drug-likeness (QED) is 0.519. The lowest BCUT2D eigenvalue weighted by Gasteiger charge is -2.06. The molecule has 3 aromatic heterocycles. The molecule has 5 N–H and O–H groups in total. The van der Waals surface area contributed by atoms with Gasteiger partial charge in [0, 0.05) is 24.9 Å². The molecule has 0 aliphatic carbocycles. The zero-order valence-electron chi connectivity index (χ0n) is 11.3. The van der Waals surface area contributed by atoms with Crippen molar-refractivity contribution in [1.29, 1.82) is 5.41 Å². The maximum absolute atomic E-state index is 8.09. The minimum atomic E-state index is 0.198. The molecule has 0 radical (unpaired) electrons. The summed E-state index contributed by atoms with van der Waals surface area (Å²) in [6.07, 6.45) is 8.32. The summed E-state index contributed by atoms with van der Waals surface area (Å²) in [5.74, 6) is 0.396. The van der Waals surface area contributed by atoms with Crippen LogP contribution < -0.4 is 11.1 Å². The van der Waals surface area contributed by atoms with Crippen LogP contribution >= 0.6 is 0 Å². The molecule has 3 heterocycles. The third-order valence-corrected chi connectivity index (χ3v) is 3.03. The molecule has 3 aromatic rings. The van der Waals surface area contributed by atoms with E-state index in [1.165, 1.54) is 6.08 Å². The third-order valence-electron chi connectivity index (χ3n) is 3.03. The number of H-pyrrole nitrogens is 1. The number of nitrogens with one attached hydrogen (secondary N) is 3. The molecule has 0 amide bonds. The number of hydrogen-bond donors (Lipinski definition) is 4. The van der Waals surface area contributed by atoms with E-state index in [4.69, 9.17) is 11.1 Å². The maximum Gasteiger partial charge on any atom is 0.107 e. The number of rotatable bonds is 4. The topological polar surface area (TPSA) is 121 Å². The van der Waals surface area contributed by atoms with Gasteiger partial charge in [-0.3, -0.25) is 10.5 Å². The van der Waals surface area contributed by atoms with E-state index < -0.39 is 0 Å². The van der Waals surface area contributed by atoms with Gasteiger partial charge in [0.25, 0.3) is 0 Å². The molecule has 8 nitrogen and oxygen atoms in total. The summed E-state index contributed by atoms with van der Waals surface area (Å²) >= 11 is 0. The van der Waals surface area contributed by atoms with E-state index in [0.29, 0.717) is 17.2 Å². The molecule has 0 atom stereocenters. The molecule has 3 rings (SSSR count). The normalized spacial score (nSPS) is 11.8. The van der Waals surface area contributed by atoms with Gasteiger partial charge in [-0.1, -0.05) is 0 Å². The number of aromatic nitrogens is 5. The number of hydrogen-bond acceptors (Lipinski definition) is 6. The standard InChI is InChI=1S/C13H14N8/c1-16-12(15)4-9(14)10-7-21-11(2-3-19-21)13(20-10)8-5-17-18-6-8/h2-7,14,16H,15H2,1H3,(H,17,18)/b12-4-,14-9?. The van der Waals surface area contributed by atoms with Gasteiger partial charge in [-0.05, 0) is 6.07 Å². The summed E-state index contributed by atoms with van der Waals surface area (Å²) in [5.41, 5.74) is 8.74. The predicted molar refractivity (Wildman–Crippen MR) is 78.7 cm³/mol. The number of allylic oxidation sites excluding steroid dienone is 1. The molecule has 0 aliphatic rings. The molecule has 0 saturated carbocycles. The lowest BCUT2D eigenvalue weighted by atomic mass is 10.2. The van der Waals surface area contributed by atoms with Crippen molar-refractivity contribution >= 4 is 11.2 Å². The summed E-state index contributed by atoms with van der Waals surface area (Å²) in [4.78, 5) is 4.53. The van der Waals surface area contributed by atoms with Gasteiger partial charge in [-0.15, -0.1) is 0 Å². The molecule has 21 heavy (non-hydrogen) atoms. The largest absolute Gasteiger partial charge is 0.385 e. The minimum Gasteiger partial charge on any atom is -0.385 e. The smallest absolute Gasteiger partial charge is 0.107 e. The molecule has 0 saturated heterocycles. The van der Waals surface area contributed by atoms with E-state index in [1.54, 1.807) is 36.4 Å². The highest BCUT2D eigenvalue weighted by Crippen LogP contribution is 2.21. The second-order valence-electron chi connectivity index (χ2n) is 4.39. The van der Waals surface area contributed by atoms with Crippen molar-refractivity contribution < 1.29 is 0 Å². The Bertz CT molecular complexity index is 812. The number of nitrogens with zero attached hydrogens (tertiary/aromatic N) is 4. The summed E-state index contributed by atoms with van der Waals surface area (Å²) in [7, 11) is 1.69. The molecule has 0 aliphatic heterocycles. The summed E-state index contributed by atoms with van der Waals surface area (Å²) in [6.45, 7) is 0. The van der Waals surface area contributed by atoms with Crippen LogP contribution in [0.5, 0.6) is 0 Å². The van der Waals surface area contributed by atoms with Crippen LogP contribution in [-0.4, -0.2) is 37.6 Å². The van der Waals surface area contributed by atoms with Gasteiger partial charge in [-0.25, -0.2) is 9.50 Å². The Labute approximate surface area is 120 Å². The summed E-state index contributed by atoms with van der Waals surface area (Å²) in [5, 5.41) is 21.8. The highest BCUT2D eigenvalue weighted by atomic mass is 15.2. The Morgan fingerprint density at radius 2 is 2.38 bits per heavy atom. The van der Waals surface area contributed by atoms with E-state index in [-0.39, 0.29) is 5.71 Å². The first-order valence-corrected chi connectivity index (χ1v) is 6.26. The first-order chi connectivity index (χ1) is 10.2. The van der Waals surface area contributed by atoms with E-state index in [0.717, 1.165) is 11.1 Å². The van der Waals surface area contributed by atoms with Gasteiger partial charge in [0.2, 0.25) is 0 Å². The zero-order valence-corrected chi connectivity index (χ0v) is 11.3. The average molecular weight is 282 g/mol. The Morgan fingerprint density at radius 3 is 3.10 bits per heavy atom. The molecule has 0 spiro atoms. The van der Waals surface area contributed by atoms with Crippen LogP contribution in [0.4, 0.5) is 0 Å². The zero-order chi connectivity index (χ0) is 14.8. The van der Waals surface area contributed by atoms with Crippen molar-refractivity contribution in [2.24, 2.45) is 5.73 Å². The fourth-order valence-electron chi connectivity index (χ4n) is 1.95. The molecule has 8 heteroatoms. The Morgan fingerprint density at radius 1 is 1.52 bits per heavy atom. The van der Waals surface area contributed by atoms with Gasteiger partial charge in [-0.2, -0.15) is 10.2 Å². The first kappa shape index (κ1) is 12.9. The molecule has 0 fully saturated rings. The third kappa shape index (κ3) is 2.34. The second-order valence-corrected chi connectivity index (χ2v) is 4.39. The van der Waals surface area contributed by atoms with Gasteiger partial charge < -0.3 is 11.1 Å². The van der Waals surface area contributed by atoms with Crippen LogP contribution in [-0.2, 0) is 0 Å². The van der Waals surface area contributed by atoms with Crippen LogP contribution in [0.3, 0.4) is 0 Å². The van der Waals surface area contributed by atoms with Crippen LogP contribution in [0.2, 0.25) is 0 Å². The lowest BCUT2D eigenvalue weighted by Crippen LogP contribution is -2.17. The van der Waals surface area contributed by atoms with Crippen LogP contribution in [0.15, 0.2) is 42.8 Å². The number of aromatic amines is 1. The lowest BCUT2D eigenvalue weighted by molar-refractivity contribution is 0.941. The molecule has 106 valence electrons. The monoisotopic (exact) mass is 282 g/mol. The van der Waals surface area contributed by atoms with Crippen LogP contribution in [0.25, 0.3) is 16.8 Å². The van der Waals surface area contributed by atoms with Gasteiger partial charge in [0.05, 0.1) is 41.3 Å². The van der Waals surface area contributed by atoms with Crippen molar-refractivity contribution in [3.63, 3.8) is 0 Å². The molecule has 0 aromatic carbocycles. The van der Waals surface area contributed by atoms with Gasteiger partial charge >= 0.3 is 0 Å². The first-order valence-electron chi connectivity index (χ1n) is 6.26. The summed E-state index contributed by atoms with van der Waals surface area (Å²) in [6, 6.07) is 1.86. The predicted octanol–water partition coefficient (Wildman–Crippen LogP) is 0.507. The van der Waals surface area contributed by atoms with Crippen molar-refractivity contribution in [3.05, 3.63) is 48.4 Å². The SMILES string of the molecule is CN/C(N)=C\C(=N)c1cn2nccc2c(-c2cn[nH]c2)n1. The Kier molecular flexibility index (Phi) is 3.11. The van der Waals surface area contributed by atoms with Crippen molar-refractivity contribution in [1.82, 2.24) is 30.1 Å². The van der Waals surface area contributed by atoms with Gasteiger partial charge in [0.1, 0.15) is 5.69 Å². The molecular weight excluding hydrogens is 268 g/mol. The van der Waals surface area contributed by atoms with Gasteiger partial charge in [0.15, 0.2) is 0 Å². The van der Waals surface area contributed by atoms with E-state index in [1.807, 2.05) is 6.07 Å². The Hall–Kier alpha value is -3.16. The maximum atomic E-state index is 8.09. The van der Waals surface area contributed by atoms with E-state index in [9.17, 15) is 0 Å². The molecular formula is C13H14N8. The highest BCUT2D eigenvalue weighted by Gasteiger charge is 2.12. The van der Waals surface area contributed by atoms with Crippen LogP contribution in [0.1, 0.15) is 5.69 Å². The second kappa shape index (κ2) is 5.08. The van der Waals surface area contributed by atoms with Crippen molar-refractivity contribution in [3.8, 4) is 11.3 Å². The minimum absolute atomic E-state index is 0.198. The Balaban J connectivity index is 2.15. The van der Waals surface area contributed by atoms with Crippen molar-refractivity contribution in [2.75, 3.05) is 7.05 Å². The molecule has 0 bridgehead atoms.